The standard InChI is InChI=1S/C65H78N2/c1-44(2)46-22-30-53(31-23-46)66(54-32-26-51(27-33-54)63(5,6)7)61-57-36-24-50(48-20-16-13-17-21-48)43-60(57)62(58-37-25-49(42-59(58)61)47-18-14-12-15-19-47)67(55-34-28-52(29-35-55)64(8,9)10)56-38-40-65(11,41-39-56)45(3)4/h20,22-40,42-45,47H,12-19,21,41H2,1-11H3. The molecule has 9 rings (SSSR count). The molecule has 1 unspecified atom stereocenters. The van der Waals surface area contributed by atoms with Crippen molar-refractivity contribution in [2.45, 2.75) is 163 Å². The fraction of sp³-hybridized carbons (Fsp3) is 0.415. The number of hydrogen-bond donors (Lipinski definition) is 0. The van der Waals surface area contributed by atoms with Crippen LogP contribution in [-0.2, 0) is 10.8 Å². The van der Waals surface area contributed by atoms with Crippen LogP contribution in [0.25, 0.3) is 27.1 Å². The molecule has 0 bridgehead atoms. The number of nitrogens with zero attached hydrogens (tertiary/aromatic N) is 2. The third-order valence-corrected chi connectivity index (χ3v) is 16.0. The highest BCUT2D eigenvalue weighted by molar-refractivity contribution is 6.23. The maximum Gasteiger partial charge on any atom is 0.0620 e. The van der Waals surface area contributed by atoms with Crippen LogP contribution in [0.2, 0.25) is 0 Å². The van der Waals surface area contributed by atoms with Crippen molar-refractivity contribution >= 4 is 55.6 Å². The predicted octanol–water partition coefficient (Wildman–Crippen LogP) is 19.8. The van der Waals surface area contributed by atoms with Crippen molar-refractivity contribution in [1.82, 2.24) is 0 Å². The van der Waals surface area contributed by atoms with Crippen LogP contribution in [0, 0.1) is 11.3 Å². The highest BCUT2D eigenvalue weighted by Gasteiger charge is 2.32. The van der Waals surface area contributed by atoms with Crippen LogP contribution in [0.5, 0.6) is 0 Å². The SMILES string of the molecule is CC(C)c1ccc(N(c2ccc(C(C)(C)C)cc2)c2c3ccc(C4=CCCCC4)cc3c(N(C3=CCC(C)(C(C)C)C=C3)c3ccc(C(C)(C)C)cc3)c3ccc(C4CCCCC4)cc23)cc1. The second-order valence-electron chi connectivity index (χ2n) is 23.4. The van der Waals surface area contributed by atoms with E-state index in [1.807, 2.05) is 0 Å². The molecule has 0 aromatic heterocycles. The van der Waals surface area contributed by atoms with E-state index in [-0.39, 0.29) is 16.2 Å². The maximum absolute atomic E-state index is 2.64. The quantitative estimate of drug-likeness (QED) is 0.0999. The van der Waals surface area contributed by atoms with Crippen LogP contribution in [0.15, 0.2) is 139 Å². The Hall–Kier alpha value is -5.34. The molecule has 0 heterocycles. The smallest absolute Gasteiger partial charge is 0.0620 e. The van der Waals surface area contributed by atoms with E-state index in [4.69, 9.17) is 0 Å². The lowest BCUT2D eigenvalue weighted by molar-refractivity contribution is 0.298. The van der Waals surface area contributed by atoms with Gasteiger partial charge in [0.15, 0.2) is 0 Å². The molecule has 1 fully saturated rings. The lowest BCUT2D eigenvalue weighted by atomic mass is 9.74. The maximum atomic E-state index is 2.64. The van der Waals surface area contributed by atoms with Crippen LogP contribution >= 0.6 is 0 Å². The zero-order valence-electron chi connectivity index (χ0n) is 42.9. The van der Waals surface area contributed by atoms with Crippen LogP contribution in [0.3, 0.4) is 0 Å². The van der Waals surface area contributed by atoms with Gasteiger partial charge in [0.25, 0.3) is 0 Å². The van der Waals surface area contributed by atoms with Crippen molar-refractivity contribution in [3.63, 3.8) is 0 Å². The van der Waals surface area contributed by atoms with Crippen LogP contribution < -0.4 is 9.80 Å². The first-order valence-electron chi connectivity index (χ1n) is 26.0. The lowest BCUT2D eigenvalue weighted by Crippen LogP contribution is -2.25. The van der Waals surface area contributed by atoms with Crippen molar-refractivity contribution in [3.05, 3.63) is 167 Å². The molecule has 1 atom stereocenters. The first-order chi connectivity index (χ1) is 32.0. The second kappa shape index (κ2) is 18.6. The Morgan fingerprint density at radius 2 is 1.10 bits per heavy atom. The number of fused-ring (bicyclic) bond motifs is 2. The van der Waals surface area contributed by atoms with Gasteiger partial charge in [-0.25, -0.2) is 0 Å². The zero-order chi connectivity index (χ0) is 47.3. The molecule has 2 heteroatoms. The van der Waals surface area contributed by atoms with E-state index in [0.29, 0.717) is 17.8 Å². The molecule has 0 saturated heterocycles. The molecule has 0 spiro atoms. The van der Waals surface area contributed by atoms with Crippen molar-refractivity contribution < 1.29 is 0 Å². The summed E-state index contributed by atoms with van der Waals surface area (Å²) in [6.45, 7) is 25.7. The first-order valence-corrected chi connectivity index (χ1v) is 26.0. The molecule has 1 saturated carbocycles. The third-order valence-electron chi connectivity index (χ3n) is 16.0. The van der Waals surface area contributed by atoms with Gasteiger partial charge < -0.3 is 9.80 Å². The van der Waals surface area contributed by atoms with Gasteiger partial charge in [0, 0.05) is 44.3 Å². The summed E-state index contributed by atoms with van der Waals surface area (Å²) >= 11 is 0. The topological polar surface area (TPSA) is 6.48 Å². The van der Waals surface area contributed by atoms with E-state index < -0.39 is 0 Å². The van der Waals surface area contributed by atoms with E-state index in [2.05, 4.69) is 219 Å². The Morgan fingerprint density at radius 3 is 1.63 bits per heavy atom. The first kappa shape index (κ1) is 46.8. The molecule has 3 aliphatic rings. The summed E-state index contributed by atoms with van der Waals surface area (Å²) in [5.41, 5.74) is 15.9. The normalized spacial score (nSPS) is 18.5. The largest absolute Gasteiger partial charge is 0.310 e. The summed E-state index contributed by atoms with van der Waals surface area (Å²) in [7, 11) is 0. The molecule has 6 aromatic carbocycles. The summed E-state index contributed by atoms with van der Waals surface area (Å²) in [6, 6.07) is 43.6. The number of benzene rings is 6. The van der Waals surface area contributed by atoms with Crippen molar-refractivity contribution in [3.8, 4) is 0 Å². The Bertz CT molecular complexity index is 2810. The highest BCUT2D eigenvalue weighted by atomic mass is 15.2. The van der Waals surface area contributed by atoms with E-state index in [9.17, 15) is 0 Å². The summed E-state index contributed by atoms with van der Waals surface area (Å²) in [6.07, 6.45) is 22.2. The Labute approximate surface area is 404 Å². The van der Waals surface area contributed by atoms with E-state index >= 15 is 0 Å². The molecule has 348 valence electrons. The third kappa shape index (κ3) is 9.44. The highest BCUT2D eigenvalue weighted by Crippen LogP contribution is 2.53. The molecule has 67 heavy (non-hydrogen) atoms. The van der Waals surface area contributed by atoms with Crippen LogP contribution in [0.4, 0.5) is 28.4 Å². The van der Waals surface area contributed by atoms with E-state index in [1.165, 1.54) is 134 Å². The minimum atomic E-state index is 0.0474. The van der Waals surface area contributed by atoms with Crippen molar-refractivity contribution in [2.75, 3.05) is 9.80 Å². The van der Waals surface area contributed by atoms with Crippen LogP contribution in [0.1, 0.15) is 180 Å². The molecule has 0 radical (unpaired) electrons. The summed E-state index contributed by atoms with van der Waals surface area (Å²) < 4.78 is 0. The van der Waals surface area contributed by atoms with E-state index in [0.717, 1.165) is 19.3 Å². The Morgan fingerprint density at radius 1 is 0.552 bits per heavy atom. The van der Waals surface area contributed by atoms with Gasteiger partial charge in [0.1, 0.15) is 0 Å². The van der Waals surface area contributed by atoms with Gasteiger partial charge in [-0.2, -0.15) is 0 Å². The lowest BCUT2D eigenvalue weighted by Gasteiger charge is -2.37. The number of allylic oxidation sites excluding steroid dienone is 5. The number of anilines is 5. The average Bonchev–Trinajstić information content (AvgIpc) is 3.33. The van der Waals surface area contributed by atoms with Crippen molar-refractivity contribution in [2.24, 2.45) is 11.3 Å². The van der Waals surface area contributed by atoms with Gasteiger partial charge in [0.05, 0.1) is 11.4 Å². The van der Waals surface area contributed by atoms with Gasteiger partial charge in [-0.15, -0.1) is 0 Å². The summed E-state index contributed by atoms with van der Waals surface area (Å²) in [5, 5.41) is 5.17. The molecule has 0 amide bonds. The van der Waals surface area contributed by atoms with Gasteiger partial charge in [-0.3, -0.25) is 0 Å². The fourth-order valence-electron chi connectivity index (χ4n) is 11.0. The van der Waals surface area contributed by atoms with Crippen LogP contribution in [-0.4, -0.2) is 0 Å². The average molecular weight is 887 g/mol. The predicted molar refractivity (Wildman–Crippen MR) is 293 cm³/mol. The summed E-state index contributed by atoms with van der Waals surface area (Å²) in [5.74, 6) is 1.55. The Balaban J connectivity index is 1.41. The summed E-state index contributed by atoms with van der Waals surface area (Å²) in [4.78, 5) is 5.24. The van der Waals surface area contributed by atoms with Crippen molar-refractivity contribution in [1.29, 1.82) is 0 Å². The molecular weight excluding hydrogens is 809 g/mol. The van der Waals surface area contributed by atoms with Gasteiger partial charge in [-0.1, -0.05) is 174 Å². The molecule has 2 nitrogen and oxygen atoms in total. The molecular formula is C65H78N2. The fourth-order valence-corrected chi connectivity index (χ4v) is 11.0. The van der Waals surface area contributed by atoms with Gasteiger partial charge in [-0.05, 0) is 167 Å². The number of rotatable bonds is 10. The molecule has 0 N–H and O–H groups in total. The van der Waals surface area contributed by atoms with Gasteiger partial charge >= 0.3 is 0 Å². The zero-order valence-corrected chi connectivity index (χ0v) is 42.9. The number of hydrogen-bond acceptors (Lipinski definition) is 2. The minimum absolute atomic E-state index is 0.0474. The van der Waals surface area contributed by atoms with E-state index in [1.54, 1.807) is 0 Å². The molecule has 0 aliphatic heterocycles. The molecule has 6 aromatic rings. The monoisotopic (exact) mass is 887 g/mol. The van der Waals surface area contributed by atoms with Gasteiger partial charge in [0.2, 0.25) is 0 Å². The minimum Gasteiger partial charge on any atom is -0.310 e. The molecule has 3 aliphatic carbocycles. The Kier molecular flexibility index (Phi) is 13.0. The second-order valence-corrected chi connectivity index (χ2v) is 23.4.